The number of carbonyl (C=O) groups is 2. The monoisotopic (exact) mass is 375 g/mol. The Labute approximate surface area is 162 Å². The zero-order chi connectivity index (χ0) is 19.8. The molecule has 0 bridgehead atoms. The highest BCUT2D eigenvalue weighted by molar-refractivity contribution is 5.79. The van der Waals surface area contributed by atoms with E-state index in [0.29, 0.717) is 12.8 Å². The summed E-state index contributed by atoms with van der Waals surface area (Å²) in [6.45, 7) is 5.69. The number of aryl methyl sites for hydroxylation is 1. The van der Waals surface area contributed by atoms with Crippen LogP contribution in [-0.4, -0.2) is 37.2 Å². The number of hydrogen-bond donors (Lipinski definition) is 3. The van der Waals surface area contributed by atoms with Crippen molar-refractivity contribution in [2.75, 3.05) is 7.11 Å². The lowest BCUT2D eigenvalue weighted by atomic mass is 9.87. The quantitative estimate of drug-likeness (QED) is 0.579. The molecule has 0 heterocycles. The maximum Gasteiger partial charge on any atom is 0.221 e. The van der Waals surface area contributed by atoms with E-state index in [2.05, 4.69) is 28.9 Å². The number of amides is 2. The van der Waals surface area contributed by atoms with Gasteiger partial charge in [-0.2, -0.15) is 0 Å². The van der Waals surface area contributed by atoms with E-state index in [-0.39, 0.29) is 23.9 Å². The third-order valence-corrected chi connectivity index (χ3v) is 5.23. The van der Waals surface area contributed by atoms with Crippen LogP contribution in [0.5, 0.6) is 5.75 Å². The van der Waals surface area contributed by atoms with Crippen LogP contribution in [0, 0.1) is 0 Å². The van der Waals surface area contributed by atoms with Gasteiger partial charge in [0.2, 0.25) is 11.8 Å². The molecule has 1 aromatic rings. The molecule has 0 aliphatic heterocycles. The van der Waals surface area contributed by atoms with E-state index in [1.54, 1.807) is 7.11 Å². The molecule has 3 N–H and O–H groups in total. The lowest BCUT2D eigenvalue weighted by molar-refractivity contribution is -0.124. The van der Waals surface area contributed by atoms with E-state index in [4.69, 9.17) is 4.74 Å². The van der Waals surface area contributed by atoms with Gasteiger partial charge in [-0.15, -0.1) is 0 Å². The first kappa shape index (κ1) is 21.2. The van der Waals surface area contributed by atoms with Gasteiger partial charge in [-0.05, 0) is 42.9 Å². The SMILES string of the molecule is CCC(=O)NC(NC(=O)CC)C(CC)NC1CCc2cccc(OC)c2C1. The Hall–Kier alpha value is -2.08. The summed E-state index contributed by atoms with van der Waals surface area (Å²) in [4.78, 5) is 23.9. The van der Waals surface area contributed by atoms with Crippen LogP contribution in [0.2, 0.25) is 0 Å². The van der Waals surface area contributed by atoms with Crippen molar-refractivity contribution in [3.05, 3.63) is 29.3 Å². The third kappa shape index (κ3) is 5.70. The van der Waals surface area contributed by atoms with Crippen LogP contribution >= 0.6 is 0 Å². The fourth-order valence-electron chi connectivity index (χ4n) is 3.63. The number of methoxy groups -OCH3 is 1. The van der Waals surface area contributed by atoms with E-state index < -0.39 is 6.17 Å². The molecule has 0 radical (unpaired) electrons. The first-order valence-electron chi connectivity index (χ1n) is 10.0. The Kier molecular flexibility index (Phi) is 8.10. The Bertz CT molecular complexity index is 615. The second-order valence-electron chi connectivity index (χ2n) is 7.04. The molecule has 27 heavy (non-hydrogen) atoms. The summed E-state index contributed by atoms with van der Waals surface area (Å²) in [6, 6.07) is 6.45. The summed E-state index contributed by atoms with van der Waals surface area (Å²) in [7, 11) is 1.71. The lowest BCUT2D eigenvalue weighted by Crippen LogP contribution is -2.60. The molecule has 0 aromatic heterocycles. The smallest absolute Gasteiger partial charge is 0.221 e. The molecule has 150 valence electrons. The van der Waals surface area contributed by atoms with Crippen LogP contribution in [0.4, 0.5) is 0 Å². The molecule has 2 unspecified atom stereocenters. The minimum atomic E-state index is -0.408. The molecule has 2 rings (SSSR count). The van der Waals surface area contributed by atoms with Gasteiger partial charge in [-0.3, -0.25) is 9.59 Å². The van der Waals surface area contributed by atoms with E-state index in [0.717, 1.165) is 31.4 Å². The molecule has 1 aliphatic carbocycles. The zero-order valence-electron chi connectivity index (χ0n) is 16.9. The number of ether oxygens (including phenoxy) is 1. The topological polar surface area (TPSA) is 79.5 Å². The van der Waals surface area contributed by atoms with Crippen LogP contribution < -0.4 is 20.7 Å². The number of carbonyl (C=O) groups excluding carboxylic acids is 2. The van der Waals surface area contributed by atoms with Gasteiger partial charge < -0.3 is 20.7 Å². The Morgan fingerprint density at radius 3 is 2.37 bits per heavy atom. The van der Waals surface area contributed by atoms with Gasteiger partial charge in [-0.25, -0.2) is 0 Å². The van der Waals surface area contributed by atoms with Crippen molar-refractivity contribution in [3.8, 4) is 5.75 Å². The van der Waals surface area contributed by atoms with Gasteiger partial charge in [-0.1, -0.05) is 32.9 Å². The van der Waals surface area contributed by atoms with Crippen molar-refractivity contribution in [1.29, 1.82) is 0 Å². The molecule has 0 fully saturated rings. The number of nitrogens with one attached hydrogen (secondary N) is 3. The molecule has 0 saturated heterocycles. The molecular weight excluding hydrogens is 342 g/mol. The van der Waals surface area contributed by atoms with E-state index >= 15 is 0 Å². The fourth-order valence-corrected chi connectivity index (χ4v) is 3.63. The predicted octanol–water partition coefficient (Wildman–Crippen LogP) is 2.30. The highest BCUT2D eigenvalue weighted by Gasteiger charge is 2.28. The molecule has 0 spiro atoms. The molecular formula is C21H33N3O3. The van der Waals surface area contributed by atoms with E-state index in [9.17, 15) is 9.59 Å². The first-order valence-corrected chi connectivity index (χ1v) is 10.0. The van der Waals surface area contributed by atoms with Gasteiger partial charge in [0.25, 0.3) is 0 Å². The number of rotatable bonds is 9. The molecule has 2 amide bonds. The normalized spacial score (nSPS) is 17.1. The highest BCUT2D eigenvalue weighted by Crippen LogP contribution is 2.29. The lowest BCUT2D eigenvalue weighted by Gasteiger charge is -2.34. The van der Waals surface area contributed by atoms with Crippen LogP contribution in [0.3, 0.4) is 0 Å². The molecule has 6 heteroatoms. The van der Waals surface area contributed by atoms with Crippen LogP contribution in [-0.2, 0) is 22.4 Å². The van der Waals surface area contributed by atoms with Gasteiger partial charge in [0, 0.05) is 24.9 Å². The van der Waals surface area contributed by atoms with Crippen LogP contribution in [0.1, 0.15) is 57.6 Å². The minimum Gasteiger partial charge on any atom is -0.496 e. The van der Waals surface area contributed by atoms with Gasteiger partial charge >= 0.3 is 0 Å². The average Bonchev–Trinajstić information content (AvgIpc) is 2.70. The number of benzene rings is 1. The molecule has 2 atom stereocenters. The highest BCUT2D eigenvalue weighted by atomic mass is 16.5. The van der Waals surface area contributed by atoms with Crippen molar-refractivity contribution in [2.24, 2.45) is 0 Å². The third-order valence-electron chi connectivity index (χ3n) is 5.23. The summed E-state index contributed by atoms with van der Waals surface area (Å²) in [5.74, 6) is 0.807. The largest absolute Gasteiger partial charge is 0.496 e. The molecule has 1 aliphatic rings. The molecule has 1 aromatic carbocycles. The Morgan fingerprint density at radius 1 is 1.15 bits per heavy atom. The van der Waals surface area contributed by atoms with Gasteiger partial charge in [0.05, 0.1) is 7.11 Å². The second-order valence-corrected chi connectivity index (χ2v) is 7.04. The van der Waals surface area contributed by atoms with Gasteiger partial charge in [0.1, 0.15) is 11.9 Å². The minimum absolute atomic E-state index is 0.0303. The predicted molar refractivity (Wildman–Crippen MR) is 107 cm³/mol. The first-order chi connectivity index (χ1) is 13.0. The maximum atomic E-state index is 11.9. The van der Waals surface area contributed by atoms with Crippen LogP contribution in [0.25, 0.3) is 0 Å². The standard InChI is InChI=1S/C21H33N3O3/c1-5-17(21(23-19(25)6-2)24-20(26)7-3)22-15-12-11-14-9-8-10-18(27-4)16(14)13-15/h8-10,15,17,21-22H,5-7,11-13H2,1-4H3,(H,23,25)(H,24,26). The van der Waals surface area contributed by atoms with Crippen molar-refractivity contribution in [1.82, 2.24) is 16.0 Å². The van der Waals surface area contributed by atoms with E-state index in [1.807, 2.05) is 26.0 Å². The number of hydrogen-bond acceptors (Lipinski definition) is 4. The zero-order valence-corrected chi connectivity index (χ0v) is 16.9. The maximum absolute atomic E-state index is 11.9. The van der Waals surface area contributed by atoms with Crippen molar-refractivity contribution >= 4 is 11.8 Å². The van der Waals surface area contributed by atoms with Gasteiger partial charge in [0.15, 0.2) is 0 Å². The summed E-state index contributed by atoms with van der Waals surface area (Å²) in [5, 5.41) is 9.58. The fraction of sp³-hybridized carbons (Fsp3) is 0.619. The average molecular weight is 376 g/mol. The summed E-state index contributed by atoms with van der Waals surface area (Å²) >= 11 is 0. The van der Waals surface area contributed by atoms with E-state index in [1.165, 1.54) is 11.1 Å². The second kappa shape index (κ2) is 10.3. The Balaban J connectivity index is 2.11. The van der Waals surface area contributed by atoms with Crippen molar-refractivity contribution in [3.63, 3.8) is 0 Å². The molecule has 6 nitrogen and oxygen atoms in total. The van der Waals surface area contributed by atoms with Crippen LogP contribution in [0.15, 0.2) is 18.2 Å². The Morgan fingerprint density at radius 2 is 1.81 bits per heavy atom. The summed E-state index contributed by atoms with van der Waals surface area (Å²) in [5.41, 5.74) is 2.60. The van der Waals surface area contributed by atoms with Crippen molar-refractivity contribution in [2.45, 2.75) is 77.5 Å². The van der Waals surface area contributed by atoms with Crippen molar-refractivity contribution < 1.29 is 14.3 Å². The summed E-state index contributed by atoms with van der Waals surface area (Å²) in [6.07, 6.45) is 4.07. The number of fused-ring (bicyclic) bond motifs is 1. The summed E-state index contributed by atoms with van der Waals surface area (Å²) < 4.78 is 5.53. The molecule has 0 saturated carbocycles.